The number of oxime groups is 1. The third-order valence-corrected chi connectivity index (χ3v) is 4.60. The number of benzene rings is 1. The lowest BCUT2D eigenvalue weighted by atomic mass is 9.86. The molecule has 1 saturated carbocycles. The van der Waals surface area contributed by atoms with Crippen molar-refractivity contribution in [2.45, 2.75) is 36.3 Å². The van der Waals surface area contributed by atoms with Crippen molar-refractivity contribution in [1.29, 1.82) is 0 Å². The average molecular weight is 281 g/mol. The zero-order valence-corrected chi connectivity index (χ0v) is 11.0. The highest BCUT2D eigenvalue weighted by atomic mass is 35.5. The number of halogens is 1. The Balaban J connectivity index is 2.09. The maximum atomic E-state index is 11.6. The quantitative estimate of drug-likeness (QED) is 0.362. The number of nitro groups is 1. The van der Waals surface area contributed by atoms with Crippen molar-refractivity contribution in [3.05, 3.63) is 46.0 Å². The molecule has 19 heavy (non-hydrogen) atoms. The van der Waals surface area contributed by atoms with Crippen LogP contribution in [-0.2, 0) is 4.84 Å². The zero-order valence-electron chi connectivity index (χ0n) is 10.2. The van der Waals surface area contributed by atoms with E-state index in [4.69, 9.17) is 16.4 Å². The van der Waals surface area contributed by atoms with E-state index in [1.54, 1.807) is 24.3 Å². The van der Waals surface area contributed by atoms with Crippen molar-refractivity contribution in [3.8, 4) is 0 Å². The molecule has 0 saturated heterocycles. The van der Waals surface area contributed by atoms with Gasteiger partial charge in [-0.2, -0.15) is 0 Å². The molecule has 0 unspecified atom stereocenters. The lowest BCUT2D eigenvalue weighted by Gasteiger charge is -2.28. The molecule has 1 fully saturated rings. The molecule has 1 spiro atoms. The molecule has 6 heteroatoms. The molecular formula is C13H13ClN2O3. The zero-order chi connectivity index (χ0) is 13.5. The van der Waals surface area contributed by atoms with E-state index in [0.29, 0.717) is 18.4 Å². The largest absolute Gasteiger partial charge is 0.382 e. The molecule has 1 heterocycles. The molecule has 0 radical (unpaired) electrons. The van der Waals surface area contributed by atoms with Crippen molar-refractivity contribution >= 4 is 17.3 Å². The Morgan fingerprint density at radius 2 is 1.89 bits per heavy atom. The van der Waals surface area contributed by atoms with Crippen molar-refractivity contribution in [1.82, 2.24) is 0 Å². The second-order valence-electron chi connectivity index (χ2n) is 4.98. The summed E-state index contributed by atoms with van der Waals surface area (Å²) >= 11 is 6.41. The van der Waals surface area contributed by atoms with Crippen molar-refractivity contribution in [3.63, 3.8) is 0 Å². The number of hydrogen-bond acceptors (Lipinski definition) is 4. The fraction of sp³-hybridized carbons (Fsp3) is 0.462. The van der Waals surface area contributed by atoms with Gasteiger partial charge in [0, 0.05) is 5.56 Å². The normalized spacial score (nSPS) is 28.2. The average Bonchev–Trinajstić information content (AvgIpc) is 3.00. The van der Waals surface area contributed by atoms with E-state index in [-0.39, 0.29) is 5.71 Å². The van der Waals surface area contributed by atoms with Gasteiger partial charge in [-0.1, -0.05) is 35.5 Å². The Morgan fingerprint density at radius 3 is 2.47 bits per heavy atom. The third-order valence-electron chi connectivity index (χ3n) is 3.94. The molecule has 1 aromatic rings. The summed E-state index contributed by atoms with van der Waals surface area (Å²) in [5.41, 5.74) is -0.150. The Labute approximate surface area is 115 Å². The summed E-state index contributed by atoms with van der Waals surface area (Å²) in [4.78, 5) is 14.8. The number of rotatable bonds is 2. The van der Waals surface area contributed by atoms with Crippen LogP contribution in [0.4, 0.5) is 0 Å². The van der Waals surface area contributed by atoms with Crippen LogP contribution in [0, 0.1) is 10.1 Å². The first-order valence-corrected chi connectivity index (χ1v) is 6.63. The molecule has 2 aliphatic rings. The van der Waals surface area contributed by atoms with Crippen LogP contribution in [0.2, 0.25) is 0 Å². The number of hydrogen-bond donors (Lipinski definition) is 0. The minimum absolute atomic E-state index is 0.210. The van der Waals surface area contributed by atoms with Crippen LogP contribution in [0.5, 0.6) is 0 Å². The highest BCUT2D eigenvalue weighted by Gasteiger charge is 2.71. The predicted octanol–water partition coefficient (Wildman–Crippen LogP) is 2.95. The molecule has 1 aromatic carbocycles. The van der Waals surface area contributed by atoms with E-state index in [0.717, 1.165) is 12.8 Å². The topological polar surface area (TPSA) is 64.7 Å². The Morgan fingerprint density at radius 1 is 1.26 bits per heavy atom. The molecular weight excluding hydrogens is 268 g/mol. The van der Waals surface area contributed by atoms with Gasteiger partial charge in [0.25, 0.3) is 0 Å². The van der Waals surface area contributed by atoms with E-state index in [2.05, 4.69) is 5.16 Å². The maximum Gasteiger partial charge on any atom is 0.382 e. The van der Waals surface area contributed by atoms with Gasteiger partial charge in [-0.05, 0) is 37.3 Å². The molecule has 0 N–H and O–H groups in total. The van der Waals surface area contributed by atoms with E-state index >= 15 is 0 Å². The van der Waals surface area contributed by atoms with Crippen LogP contribution >= 0.6 is 11.6 Å². The van der Waals surface area contributed by atoms with Gasteiger partial charge in [0.15, 0.2) is 5.71 Å². The van der Waals surface area contributed by atoms with E-state index in [1.165, 1.54) is 0 Å². The number of nitrogens with zero attached hydrogens (tertiary/aromatic N) is 2. The fourth-order valence-electron chi connectivity index (χ4n) is 2.93. The molecule has 0 bridgehead atoms. The second kappa shape index (κ2) is 4.20. The maximum absolute atomic E-state index is 11.6. The van der Waals surface area contributed by atoms with Crippen LogP contribution in [0.25, 0.3) is 0 Å². The molecule has 100 valence electrons. The van der Waals surface area contributed by atoms with Crippen LogP contribution in [0.15, 0.2) is 35.5 Å². The minimum atomic E-state index is -1.79. The smallest absolute Gasteiger partial charge is 0.379 e. The molecule has 1 aliphatic carbocycles. The van der Waals surface area contributed by atoms with Crippen LogP contribution in [0.1, 0.15) is 31.2 Å². The monoisotopic (exact) mass is 280 g/mol. The summed E-state index contributed by atoms with van der Waals surface area (Å²) < 4.78 is 0. The fourth-order valence-corrected chi connectivity index (χ4v) is 3.30. The molecule has 0 aromatic heterocycles. The summed E-state index contributed by atoms with van der Waals surface area (Å²) in [5, 5.41) is 15.5. The summed E-state index contributed by atoms with van der Waals surface area (Å²) in [6, 6.07) is 8.96. The second-order valence-corrected chi connectivity index (χ2v) is 5.52. The SMILES string of the molecule is O=[N+]([O-])[C@]1(Cl)C(c2ccccc2)=NOC12CCCC2. The summed E-state index contributed by atoms with van der Waals surface area (Å²) in [6.07, 6.45) is 2.88. The van der Waals surface area contributed by atoms with Gasteiger partial charge >= 0.3 is 5.00 Å². The van der Waals surface area contributed by atoms with Gasteiger partial charge < -0.3 is 4.84 Å². The highest BCUT2D eigenvalue weighted by Crippen LogP contribution is 2.51. The molecule has 5 nitrogen and oxygen atoms in total. The summed E-state index contributed by atoms with van der Waals surface area (Å²) in [7, 11) is 0. The van der Waals surface area contributed by atoms with Gasteiger partial charge in [-0.25, -0.2) is 0 Å². The Kier molecular flexibility index (Phi) is 2.74. The summed E-state index contributed by atoms with van der Waals surface area (Å²) in [6.45, 7) is 0. The highest BCUT2D eigenvalue weighted by molar-refractivity contribution is 6.39. The van der Waals surface area contributed by atoms with Crippen LogP contribution in [-0.4, -0.2) is 21.2 Å². The van der Waals surface area contributed by atoms with Gasteiger partial charge in [0.2, 0.25) is 5.60 Å². The van der Waals surface area contributed by atoms with E-state index < -0.39 is 15.5 Å². The molecule has 0 amide bonds. The van der Waals surface area contributed by atoms with E-state index in [1.807, 2.05) is 6.07 Å². The first-order valence-electron chi connectivity index (χ1n) is 6.26. The minimum Gasteiger partial charge on any atom is -0.379 e. The van der Waals surface area contributed by atoms with Crippen LogP contribution < -0.4 is 0 Å². The van der Waals surface area contributed by atoms with Crippen molar-refractivity contribution in [2.24, 2.45) is 5.16 Å². The first-order chi connectivity index (χ1) is 9.10. The molecule has 3 rings (SSSR count). The van der Waals surface area contributed by atoms with Gasteiger partial charge in [-0.15, -0.1) is 0 Å². The first kappa shape index (κ1) is 12.4. The van der Waals surface area contributed by atoms with Crippen LogP contribution in [0.3, 0.4) is 0 Å². The lowest BCUT2D eigenvalue weighted by Crippen LogP contribution is -2.56. The Hall–Kier alpha value is -1.62. The van der Waals surface area contributed by atoms with Crippen molar-refractivity contribution in [2.75, 3.05) is 0 Å². The standard InChI is InChI=1S/C13H13ClN2O3/c14-13(16(17)18)11(10-6-2-1-3-7-10)15-19-12(13)8-4-5-9-12/h1-3,6-7H,4-5,8-9H2/t13-/m1/s1. The Bertz CT molecular complexity index is 540. The molecule has 1 aliphatic heterocycles. The van der Waals surface area contributed by atoms with Gasteiger partial charge in [0.05, 0.1) is 4.92 Å². The third kappa shape index (κ3) is 1.57. The molecule has 1 atom stereocenters. The van der Waals surface area contributed by atoms with E-state index in [9.17, 15) is 10.1 Å². The summed E-state index contributed by atoms with van der Waals surface area (Å²) in [5.74, 6) is 0. The lowest BCUT2D eigenvalue weighted by molar-refractivity contribution is -0.540. The van der Waals surface area contributed by atoms with Gasteiger partial charge in [-0.3, -0.25) is 10.1 Å². The van der Waals surface area contributed by atoms with Gasteiger partial charge in [0.1, 0.15) is 0 Å². The number of alkyl halides is 1. The van der Waals surface area contributed by atoms with Crippen molar-refractivity contribution < 1.29 is 9.76 Å². The predicted molar refractivity (Wildman–Crippen MR) is 70.8 cm³/mol.